The Balaban J connectivity index is 0.00000361. The van der Waals surface area contributed by atoms with Gasteiger partial charge in [0, 0.05) is 0 Å². The first-order valence-electron chi connectivity index (χ1n) is 4.16. The molecule has 0 atom stereocenters. The number of hydrogen-bond donors (Lipinski definition) is 0. The van der Waals surface area contributed by atoms with Crippen molar-refractivity contribution >= 4 is 0 Å². The Hall–Kier alpha value is -1.70. The topological polar surface area (TPSA) is 74.6 Å². The van der Waals surface area contributed by atoms with Crippen molar-refractivity contribution in [3.8, 4) is 12.1 Å². The van der Waals surface area contributed by atoms with Crippen LogP contribution in [0.1, 0.15) is 17.2 Å². The average molecular weight is 292 g/mol. The minimum Gasteiger partial charge on any atom is -0.425 e. The zero-order chi connectivity index (χ0) is 15.1. The Kier molecular flexibility index (Phi) is 4.90. The zero-order valence-corrected chi connectivity index (χ0v) is 9.43. The van der Waals surface area contributed by atoms with Gasteiger partial charge in [-0.15, -0.1) is 0 Å². The Morgan fingerprint density at radius 3 is 1.75 bits per heavy atom. The smallest absolute Gasteiger partial charge is 0.425 e. The third kappa shape index (κ3) is 2.60. The van der Waals surface area contributed by atoms with E-state index in [1.165, 1.54) is 0 Å². The van der Waals surface area contributed by atoms with E-state index in [0.717, 1.165) is 12.1 Å². The fourth-order valence-electron chi connectivity index (χ4n) is 0.957. The van der Waals surface area contributed by atoms with Gasteiger partial charge < -0.3 is 9.97 Å². The molecular formula is C8F7LiN4. The molecular weight excluding hydrogens is 292 g/mol. The number of aromatic nitrogens is 2. The maximum absolute atomic E-state index is 13.1. The van der Waals surface area contributed by atoms with Gasteiger partial charge in [-0.25, -0.2) is 0 Å². The van der Waals surface area contributed by atoms with E-state index in [0.29, 0.717) is 0 Å². The summed E-state index contributed by atoms with van der Waals surface area (Å²) in [5.74, 6) is -14.5. The van der Waals surface area contributed by atoms with Crippen LogP contribution < -0.4 is 23.8 Å². The van der Waals surface area contributed by atoms with Crippen LogP contribution in [0.3, 0.4) is 0 Å². The quantitative estimate of drug-likeness (QED) is 0.522. The van der Waals surface area contributed by atoms with E-state index in [9.17, 15) is 30.7 Å². The van der Waals surface area contributed by atoms with E-state index < -0.39 is 35.2 Å². The van der Waals surface area contributed by atoms with E-state index in [1.54, 1.807) is 0 Å². The molecule has 1 heterocycles. The van der Waals surface area contributed by atoms with Crippen molar-refractivity contribution in [3.05, 3.63) is 17.2 Å². The fraction of sp³-hybridized carbons (Fsp3) is 0.375. The molecule has 1 rings (SSSR count). The summed E-state index contributed by atoms with van der Waals surface area (Å²) in [6.07, 6.45) is -6.54. The van der Waals surface area contributed by atoms with Crippen molar-refractivity contribution in [1.29, 1.82) is 10.5 Å². The van der Waals surface area contributed by atoms with Gasteiger partial charge in [-0.3, -0.25) is 0 Å². The second-order valence-electron chi connectivity index (χ2n) is 3.11. The van der Waals surface area contributed by atoms with Gasteiger partial charge in [-0.05, 0) is 5.82 Å². The molecule has 0 aliphatic rings. The van der Waals surface area contributed by atoms with Crippen LogP contribution in [0.5, 0.6) is 0 Å². The molecule has 0 radical (unpaired) electrons. The van der Waals surface area contributed by atoms with Crippen molar-refractivity contribution in [3.63, 3.8) is 0 Å². The monoisotopic (exact) mass is 292 g/mol. The van der Waals surface area contributed by atoms with Crippen molar-refractivity contribution in [2.45, 2.75) is 18.0 Å². The molecule has 0 aliphatic heterocycles. The molecule has 0 bridgehead atoms. The van der Waals surface area contributed by atoms with Gasteiger partial charge in [0.2, 0.25) is 0 Å². The molecule has 0 saturated carbocycles. The third-order valence-corrected chi connectivity index (χ3v) is 1.90. The van der Waals surface area contributed by atoms with Crippen LogP contribution >= 0.6 is 0 Å². The molecule has 0 fully saturated rings. The van der Waals surface area contributed by atoms with Gasteiger partial charge in [0.15, 0.2) is 0 Å². The Morgan fingerprint density at radius 1 is 0.950 bits per heavy atom. The summed E-state index contributed by atoms with van der Waals surface area (Å²) in [6.45, 7) is 0. The number of halogens is 7. The minimum atomic E-state index is -6.54. The fourth-order valence-corrected chi connectivity index (χ4v) is 0.957. The molecule has 0 N–H and O–H groups in total. The summed E-state index contributed by atoms with van der Waals surface area (Å²) >= 11 is 0. The van der Waals surface area contributed by atoms with Crippen molar-refractivity contribution < 1.29 is 49.6 Å². The van der Waals surface area contributed by atoms with E-state index in [4.69, 9.17) is 10.5 Å². The maximum Gasteiger partial charge on any atom is 1.00 e. The van der Waals surface area contributed by atoms with Crippen LogP contribution in [0.15, 0.2) is 0 Å². The number of alkyl halides is 7. The molecule has 0 unspecified atom stereocenters. The summed E-state index contributed by atoms with van der Waals surface area (Å²) < 4.78 is 87.0. The van der Waals surface area contributed by atoms with Crippen molar-refractivity contribution in [1.82, 2.24) is 9.97 Å². The van der Waals surface area contributed by atoms with Crippen LogP contribution in [0.25, 0.3) is 0 Å². The number of nitriles is 2. The SMILES string of the molecule is N#Cc1nc(C(F)(F)C(F)(F)C(F)(F)F)[n-]c1C#N.[Li+]. The van der Waals surface area contributed by atoms with E-state index in [1.807, 2.05) is 0 Å². The van der Waals surface area contributed by atoms with Crippen LogP contribution in [0.4, 0.5) is 30.7 Å². The molecule has 20 heavy (non-hydrogen) atoms. The molecule has 0 aromatic carbocycles. The third-order valence-electron chi connectivity index (χ3n) is 1.90. The number of nitrogens with zero attached hydrogens (tertiary/aromatic N) is 4. The van der Waals surface area contributed by atoms with Crippen LogP contribution in [-0.4, -0.2) is 17.1 Å². The van der Waals surface area contributed by atoms with Gasteiger partial charge in [0.1, 0.15) is 0 Å². The van der Waals surface area contributed by atoms with Gasteiger partial charge in [0.05, 0.1) is 23.5 Å². The normalized spacial score (nSPS) is 12.2. The van der Waals surface area contributed by atoms with Crippen LogP contribution in [0, 0.1) is 22.7 Å². The van der Waals surface area contributed by atoms with E-state index in [2.05, 4.69) is 9.97 Å². The zero-order valence-electron chi connectivity index (χ0n) is 9.43. The molecule has 4 nitrogen and oxygen atoms in total. The first-order chi connectivity index (χ1) is 8.49. The predicted octanol–water partition coefficient (Wildman–Crippen LogP) is -0.924. The Morgan fingerprint density at radius 2 is 1.45 bits per heavy atom. The maximum atomic E-state index is 13.1. The molecule has 0 saturated heterocycles. The second-order valence-corrected chi connectivity index (χ2v) is 3.11. The standard InChI is InChI=1S/C8F7N4.Li/c9-6(10,7(11,12)8(13,14)15)5-18-3(1-16)4(2-17)19-5;/q-1;+1. The number of rotatable bonds is 2. The summed E-state index contributed by atoms with van der Waals surface area (Å²) in [5.41, 5.74) is -2.12. The summed E-state index contributed by atoms with van der Waals surface area (Å²) in [6, 6.07) is 2.15. The first-order valence-corrected chi connectivity index (χ1v) is 4.16. The Bertz CT molecular complexity index is 546. The van der Waals surface area contributed by atoms with Gasteiger partial charge in [-0.2, -0.15) is 41.3 Å². The van der Waals surface area contributed by atoms with E-state index >= 15 is 0 Å². The molecule has 0 aliphatic carbocycles. The number of imidazole rings is 1. The largest absolute Gasteiger partial charge is 1.00 e. The van der Waals surface area contributed by atoms with Crippen LogP contribution in [-0.2, 0) is 5.92 Å². The van der Waals surface area contributed by atoms with Crippen molar-refractivity contribution in [2.24, 2.45) is 0 Å². The second kappa shape index (κ2) is 5.35. The molecule has 102 valence electrons. The van der Waals surface area contributed by atoms with E-state index in [-0.39, 0.29) is 18.9 Å². The molecule has 1 aromatic heterocycles. The average Bonchev–Trinajstić information content (AvgIpc) is 2.70. The van der Waals surface area contributed by atoms with Gasteiger partial charge in [-0.1, -0.05) is 0 Å². The number of hydrogen-bond acceptors (Lipinski definition) is 3. The molecule has 0 amide bonds. The van der Waals surface area contributed by atoms with Crippen LogP contribution in [0.2, 0.25) is 0 Å². The van der Waals surface area contributed by atoms with Crippen molar-refractivity contribution in [2.75, 3.05) is 0 Å². The first kappa shape index (κ1) is 18.3. The molecule has 1 aromatic rings. The van der Waals surface area contributed by atoms with Gasteiger partial charge >= 0.3 is 36.9 Å². The Labute approximate surface area is 118 Å². The molecule has 0 spiro atoms. The summed E-state index contributed by atoms with van der Waals surface area (Å²) in [5, 5.41) is 16.7. The predicted molar refractivity (Wildman–Crippen MR) is 41.9 cm³/mol. The minimum absolute atomic E-state index is 0. The summed E-state index contributed by atoms with van der Waals surface area (Å²) in [4.78, 5) is 5.05. The van der Waals surface area contributed by atoms with Gasteiger partial charge in [0.25, 0.3) is 0 Å². The summed E-state index contributed by atoms with van der Waals surface area (Å²) in [7, 11) is 0. The molecule has 12 heteroatoms.